The van der Waals surface area contributed by atoms with Gasteiger partial charge in [-0.25, -0.2) is 4.79 Å². The molecule has 1 N–H and O–H groups in total. The number of carbonyl (C=O) groups excluding carboxylic acids is 1. The Morgan fingerprint density at radius 3 is 3.05 bits per heavy atom. The molecule has 0 fully saturated rings. The molecule has 1 atom stereocenters. The summed E-state index contributed by atoms with van der Waals surface area (Å²) in [6.07, 6.45) is 1.57. The average molecular weight is 264 g/mol. The maximum Gasteiger partial charge on any atom is 0.350 e. The largest absolute Gasteiger partial charge is 0.485 e. The van der Waals surface area contributed by atoms with E-state index in [2.05, 4.69) is 11.3 Å². The van der Waals surface area contributed by atoms with Crippen LogP contribution in [0.1, 0.15) is 11.1 Å². The van der Waals surface area contributed by atoms with Gasteiger partial charge in [-0.1, -0.05) is 6.08 Å². The van der Waals surface area contributed by atoms with Crippen LogP contribution in [0.25, 0.3) is 0 Å². The summed E-state index contributed by atoms with van der Waals surface area (Å²) in [5.41, 5.74) is 1.57. The highest BCUT2D eigenvalue weighted by Crippen LogP contribution is 2.37. The fourth-order valence-electron chi connectivity index (χ4n) is 1.97. The number of allylic oxidation sites excluding steroid dienone is 1. The Morgan fingerprint density at radius 1 is 1.63 bits per heavy atom. The molecule has 0 saturated carbocycles. The summed E-state index contributed by atoms with van der Waals surface area (Å²) in [5, 5.41) is 9.24. The molecule has 1 aromatic rings. The van der Waals surface area contributed by atoms with E-state index in [0.29, 0.717) is 23.5 Å². The van der Waals surface area contributed by atoms with E-state index >= 15 is 0 Å². The second-order valence-corrected chi connectivity index (χ2v) is 4.17. The minimum atomic E-state index is -0.775. The number of aliphatic hydroxyl groups is 1. The van der Waals surface area contributed by atoms with E-state index in [0.717, 1.165) is 5.56 Å². The van der Waals surface area contributed by atoms with Crippen LogP contribution in [0.3, 0.4) is 0 Å². The van der Waals surface area contributed by atoms with Crippen LogP contribution in [0.5, 0.6) is 11.5 Å². The first-order valence-electron chi connectivity index (χ1n) is 5.94. The van der Waals surface area contributed by atoms with E-state index in [-0.39, 0.29) is 13.2 Å². The molecule has 0 amide bonds. The maximum absolute atomic E-state index is 11.4. The lowest BCUT2D eigenvalue weighted by molar-refractivity contribution is -0.151. The molecule has 0 bridgehead atoms. The number of carbonyl (C=O) groups is 1. The standard InChI is InChI=1S/C14H16O5/c1-3-4-10-5-9(7-15)6-11-13(10)18-8-12(19-11)14(16)17-2/h3,5-6,12,15H,1,4,7-8H2,2H3. The van der Waals surface area contributed by atoms with E-state index in [9.17, 15) is 9.90 Å². The Morgan fingerprint density at radius 2 is 2.42 bits per heavy atom. The van der Waals surface area contributed by atoms with Crippen molar-refractivity contribution in [1.82, 2.24) is 0 Å². The molecule has 5 nitrogen and oxygen atoms in total. The predicted octanol–water partition coefficient (Wildman–Crippen LogP) is 1.22. The Kier molecular flexibility index (Phi) is 4.06. The molecule has 0 spiro atoms. The molecule has 102 valence electrons. The van der Waals surface area contributed by atoms with Gasteiger partial charge in [-0.3, -0.25) is 0 Å². The number of esters is 1. The van der Waals surface area contributed by atoms with E-state index in [1.165, 1.54) is 7.11 Å². The number of methoxy groups -OCH3 is 1. The van der Waals surface area contributed by atoms with Crippen molar-refractivity contribution in [2.45, 2.75) is 19.1 Å². The SMILES string of the molecule is C=CCc1cc(CO)cc2c1OCC(C(=O)OC)O2. The van der Waals surface area contributed by atoms with Gasteiger partial charge in [0.15, 0.2) is 11.5 Å². The summed E-state index contributed by atoms with van der Waals surface area (Å²) in [6.45, 7) is 3.69. The minimum Gasteiger partial charge on any atom is -0.485 e. The Bertz CT molecular complexity index is 495. The van der Waals surface area contributed by atoms with Crippen LogP contribution in [-0.4, -0.2) is 30.9 Å². The van der Waals surface area contributed by atoms with Crippen LogP contribution < -0.4 is 9.47 Å². The quantitative estimate of drug-likeness (QED) is 0.654. The van der Waals surface area contributed by atoms with Gasteiger partial charge in [0, 0.05) is 5.56 Å². The van der Waals surface area contributed by atoms with Crippen LogP contribution in [-0.2, 0) is 22.6 Å². The van der Waals surface area contributed by atoms with Crippen molar-refractivity contribution in [3.63, 3.8) is 0 Å². The van der Waals surface area contributed by atoms with Gasteiger partial charge in [0.1, 0.15) is 6.61 Å². The van der Waals surface area contributed by atoms with Crippen LogP contribution in [0, 0.1) is 0 Å². The summed E-state index contributed by atoms with van der Waals surface area (Å²) >= 11 is 0. The lowest BCUT2D eigenvalue weighted by Crippen LogP contribution is -2.37. The van der Waals surface area contributed by atoms with Gasteiger partial charge in [0.05, 0.1) is 13.7 Å². The molecule has 0 aromatic heterocycles. The van der Waals surface area contributed by atoms with E-state index in [1.807, 2.05) is 6.07 Å². The van der Waals surface area contributed by atoms with Crippen molar-refractivity contribution >= 4 is 5.97 Å². The van der Waals surface area contributed by atoms with Gasteiger partial charge in [-0.15, -0.1) is 6.58 Å². The van der Waals surface area contributed by atoms with E-state index in [1.54, 1.807) is 12.1 Å². The first-order chi connectivity index (χ1) is 9.19. The molecule has 0 radical (unpaired) electrons. The molecule has 1 heterocycles. The molecule has 0 saturated heterocycles. The molecular weight excluding hydrogens is 248 g/mol. The highest BCUT2D eigenvalue weighted by molar-refractivity contribution is 5.76. The average Bonchev–Trinajstić information content (AvgIpc) is 2.45. The first-order valence-corrected chi connectivity index (χ1v) is 5.94. The third-order valence-electron chi connectivity index (χ3n) is 2.85. The number of hydrogen-bond acceptors (Lipinski definition) is 5. The summed E-state index contributed by atoms with van der Waals surface area (Å²) in [7, 11) is 1.30. The number of fused-ring (bicyclic) bond motifs is 1. The van der Waals surface area contributed by atoms with Gasteiger partial charge in [0.25, 0.3) is 0 Å². The predicted molar refractivity (Wildman–Crippen MR) is 68.2 cm³/mol. The molecule has 0 aliphatic carbocycles. The highest BCUT2D eigenvalue weighted by Gasteiger charge is 2.29. The zero-order valence-corrected chi connectivity index (χ0v) is 10.7. The summed E-state index contributed by atoms with van der Waals surface area (Å²) in [5.74, 6) is 0.563. The van der Waals surface area contributed by atoms with Crippen LogP contribution in [0.15, 0.2) is 24.8 Å². The number of aliphatic hydroxyl groups excluding tert-OH is 1. The smallest absolute Gasteiger partial charge is 0.350 e. The van der Waals surface area contributed by atoms with Crippen LogP contribution in [0.4, 0.5) is 0 Å². The lowest BCUT2D eigenvalue weighted by Gasteiger charge is -2.26. The van der Waals surface area contributed by atoms with Crippen molar-refractivity contribution in [1.29, 1.82) is 0 Å². The topological polar surface area (TPSA) is 65.0 Å². The van der Waals surface area contributed by atoms with E-state index in [4.69, 9.17) is 9.47 Å². The van der Waals surface area contributed by atoms with Gasteiger partial charge in [-0.2, -0.15) is 0 Å². The van der Waals surface area contributed by atoms with Gasteiger partial charge >= 0.3 is 5.97 Å². The van der Waals surface area contributed by atoms with Gasteiger partial charge in [-0.05, 0) is 24.1 Å². The third kappa shape index (κ3) is 2.71. The fraction of sp³-hybridized carbons (Fsp3) is 0.357. The van der Waals surface area contributed by atoms with Crippen LogP contribution in [0.2, 0.25) is 0 Å². The Hall–Kier alpha value is -2.01. The van der Waals surface area contributed by atoms with Crippen molar-refractivity contribution in [3.8, 4) is 11.5 Å². The fourth-order valence-corrected chi connectivity index (χ4v) is 1.97. The summed E-state index contributed by atoms with van der Waals surface area (Å²) in [4.78, 5) is 11.4. The molecule has 1 aliphatic heterocycles. The zero-order chi connectivity index (χ0) is 13.8. The summed E-state index contributed by atoms with van der Waals surface area (Å²) < 4.78 is 15.8. The second-order valence-electron chi connectivity index (χ2n) is 4.17. The molecule has 5 heteroatoms. The second kappa shape index (κ2) is 5.75. The van der Waals surface area contributed by atoms with Crippen LogP contribution >= 0.6 is 0 Å². The molecule has 19 heavy (non-hydrogen) atoms. The van der Waals surface area contributed by atoms with Gasteiger partial charge in [0.2, 0.25) is 6.10 Å². The van der Waals surface area contributed by atoms with Crippen molar-refractivity contribution in [2.24, 2.45) is 0 Å². The monoisotopic (exact) mass is 264 g/mol. The Labute approximate surface area is 111 Å². The maximum atomic E-state index is 11.4. The molecule has 1 unspecified atom stereocenters. The van der Waals surface area contributed by atoms with Crippen molar-refractivity contribution in [2.75, 3.05) is 13.7 Å². The molecule has 1 aromatic carbocycles. The first kappa shape index (κ1) is 13.4. The lowest BCUT2D eigenvalue weighted by atomic mass is 10.1. The number of hydrogen-bond donors (Lipinski definition) is 1. The Balaban J connectivity index is 2.35. The number of benzene rings is 1. The summed E-state index contributed by atoms with van der Waals surface area (Å²) in [6, 6.07) is 3.50. The van der Waals surface area contributed by atoms with Crippen molar-refractivity contribution < 1.29 is 24.1 Å². The number of ether oxygens (including phenoxy) is 3. The normalized spacial score (nSPS) is 16.8. The van der Waals surface area contributed by atoms with Gasteiger partial charge < -0.3 is 19.3 Å². The van der Waals surface area contributed by atoms with E-state index < -0.39 is 12.1 Å². The molecule has 1 aliphatic rings. The number of rotatable bonds is 4. The highest BCUT2D eigenvalue weighted by atomic mass is 16.6. The molecular formula is C14H16O5. The molecule has 2 rings (SSSR count). The minimum absolute atomic E-state index is 0.107. The van der Waals surface area contributed by atoms with Crippen molar-refractivity contribution in [3.05, 3.63) is 35.9 Å². The third-order valence-corrected chi connectivity index (χ3v) is 2.85. The zero-order valence-electron chi connectivity index (χ0n) is 10.7.